The van der Waals surface area contributed by atoms with E-state index in [0.29, 0.717) is 45.0 Å². The van der Waals surface area contributed by atoms with Crippen LogP contribution < -0.4 is 14.8 Å². The number of benzene rings is 1. The molecule has 2 amide bonds. The highest BCUT2D eigenvalue weighted by atomic mass is 127. The standard InChI is InChI=1S/C28H39IN2O8/c1-37-11-8-25(34)31(16-18-6-4-3-5-7-18)22-14-20(28(36)30-9-10-32)15-23(26(22)35)39-27-21(29)12-19(17-33)13-24(27)38-2/h12-13,15,17-18,22-23,26,32,35H,3-11,14,16H2,1-2H3,(H,30,36)/t22-,23+,26+/m1/s1. The zero-order valence-corrected chi connectivity index (χ0v) is 24.7. The number of hydrogen-bond donors (Lipinski definition) is 3. The largest absolute Gasteiger partial charge is 0.493 e. The molecule has 0 aromatic heterocycles. The fourth-order valence-electron chi connectivity index (χ4n) is 5.24. The Kier molecular flexibility index (Phi) is 12.5. The summed E-state index contributed by atoms with van der Waals surface area (Å²) < 4.78 is 17.5. The monoisotopic (exact) mass is 658 g/mol. The summed E-state index contributed by atoms with van der Waals surface area (Å²) in [6.45, 7) is 0.595. The first-order valence-corrected chi connectivity index (χ1v) is 14.5. The lowest BCUT2D eigenvalue weighted by molar-refractivity contribution is -0.140. The van der Waals surface area contributed by atoms with Gasteiger partial charge in [-0.15, -0.1) is 0 Å². The number of nitrogens with zero attached hydrogens (tertiary/aromatic N) is 1. The number of rotatable bonds is 13. The molecular weight excluding hydrogens is 619 g/mol. The topological polar surface area (TPSA) is 135 Å². The predicted octanol–water partition coefficient (Wildman–Crippen LogP) is 2.47. The summed E-state index contributed by atoms with van der Waals surface area (Å²) in [5.41, 5.74) is 0.767. The zero-order chi connectivity index (χ0) is 28.4. The lowest BCUT2D eigenvalue weighted by atomic mass is 9.85. The molecule has 0 aliphatic heterocycles. The molecule has 3 atom stereocenters. The Morgan fingerprint density at radius 2 is 1.95 bits per heavy atom. The smallest absolute Gasteiger partial charge is 0.247 e. The molecule has 216 valence electrons. The van der Waals surface area contributed by atoms with E-state index in [1.165, 1.54) is 20.6 Å². The second-order valence-electron chi connectivity index (χ2n) is 9.96. The fourth-order valence-corrected chi connectivity index (χ4v) is 5.99. The molecule has 0 heterocycles. The minimum absolute atomic E-state index is 0.0757. The van der Waals surface area contributed by atoms with Crippen molar-refractivity contribution < 1.29 is 38.8 Å². The number of aliphatic hydroxyl groups excluding tert-OH is 2. The molecule has 3 N–H and O–H groups in total. The normalized spacial score (nSPS) is 21.6. The molecule has 1 fully saturated rings. The Bertz CT molecular complexity index is 1030. The molecule has 2 aliphatic rings. The molecule has 1 saturated carbocycles. The summed E-state index contributed by atoms with van der Waals surface area (Å²) >= 11 is 2.03. The van der Waals surface area contributed by atoms with Gasteiger partial charge in [0.1, 0.15) is 18.5 Å². The average Bonchev–Trinajstić information content (AvgIpc) is 2.95. The molecule has 0 unspecified atom stereocenters. The number of hydrogen-bond acceptors (Lipinski definition) is 8. The number of nitrogens with one attached hydrogen (secondary N) is 1. The summed E-state index contributed by atoms with van der Waals surface area (Å²) in [5, 5.41) is 23.5. The van der Waals surface area contributed by atoms with Crippen LogP contribution >= 0.6 is 22.6 Å². The van der Waals surface area contributed by atoms with Gasteiger partial charge in [-0.1, -0.05) is 19.3 Å². The van der Waals surface area contributed by atoms with Crippen molar-refractivity contribution in [3.63, 3.8) is 0 Å². The Hall–Kier alpha value is -2.22. The third kappa shape index (κ3) is 8.38. The van der Waals surface area contributed by atoms with E-state index < -0.39 is 24.2 Å². The Labute approximate surface area is 243 Å². The quantitative estimate of drug-likeness (QED) is 0.218. The third-order valence-corrected chi connectivity index (χ3v) is 8.08. The highest BCUT2D eigenvalue weighted by Gasteiger charge is 2.41. The predicted molar refractivity (Wildman–Crippen MR) is 153 cm³/mol. The van der Waals surface area contributed by atoms with Crippen LogP contribution in [0.25, 0.3) is 0 Å². The minimum atomic E-state index is -1.14. The van der Waals surface area contributed by atoms with E-state index in [9.17, 15) is 24.6 Å². The Balaban J connectivity index is 1.98. The molecule has 0 bridgehead atoms. The van der Waals surface area contributed by atoms with Crippen molar-refractivity contribution in [3.05, 3.63) is 32.9 Å². The molecule has 11 heteroatoms. The van der Waals surface area contributed by atoms with Gasteiger partial charge in [0, 0.05) is 37.8 Å². The first-order chi connectivity index (χ1) is 18.8. The number of carbonyl (C=O) groups excluding carboxylic acids is 3. The van der Waals surface area contributed by atoms with Gasteiger partial charge in [0.05, 0.1) is 36.4 Å². The van der Waals surface area contributed by atoms with E-state index in [1.807, 2.05) is 22.6 Å². The molecule has 0 saturated heterocycles. The fraction of sp³-hybridized carbons (Fsp3) is 0.607. The van der Waals surface area contributed by atoms with Crippen molar-refractivity contribution in [1.82, 2.24) is 10.2 Å². The van der Waals surface area contributed by atoms with Gasteiger partial charge in [-0.2, -0.15) is 0 Å². The summed E-state index contributed by atoms with van der Waals surface area (Å²) in [6, 6.07) is 2.47. The first-order valence-electron chi connectivity index (χ1n) is 13.4. The Morgan fingerprint density at radius 3 is 2.59 bits per heavy atom. The molecule has 39 heavy (non-hydrogen) atoms. The molecule has 1 aromatic carbocycles. The van der Waals surface area contributed by atoms with Crippen LogP contribution in [-0.2, 0) is 14.3 Å². The van der Waals surface area contributed by atoms with Crippen LogP contribution in [0, 0.1) is 9.49 Å². The van der Waals surface area contributed by atoms with E-state index in [2.05, 4.69) is 5.32 Å². The first kappa shape index (κ1) is 31.3. The molecule has 1 aromatic rings. The summed E-state index contributed by atoms with van der Waals surface area (Å²) in [5.74, 6) is 0.406. The van der Waals surface area contributed by atoms with Gasteiger partial charge in [0.15, 0.2) is 11.5 Å². The maximum Gasteiger partial charge on any atom is 0.247 e. The second kappa shape index (κ2) is 15.5. The van der Waals surface area contributed by atoms with E-state index >= 15 is 0 Å². The second-order valence-corrected chi connectivity index (χ2v) is 11.1. The van der Waals surface area contributed by atoms with Crippen LogP contribution in [0.15, 0.2) is 23.8 Å². The minimum Gasteiger partial charge on any atom is -0.493 e. The van der Waals surface area contributed by atoms with Crippen molar-refractivity contribution >= 4 is 40.7 Å². The van der Waals surface area contributed by atoms with E-state index in [1.54, 1.807) is 23.1 Å². The lowest BCUT2D eigenvalue weighted by Crippen LogP contribution is -2.56. The van der Waals surface area contributed by atoms with Crippen LogP contribution in [-0.4, -0.2) is 92.0 Å². The van der Waals surface area contributed by atoms with Gasteiger partial charge >= 0.3 is 0 Å². The van der Waals surface area contributed by atoms with Crippen LogP contribution in [0.4, 0.5) is 0 Å². The number of carbonyl (C=O) groups is 3. The van der Waals surface area contributed by atoms with Gasteiger partial charge in [-0.25, -0.2) is 0 Å². The molecule has 2 aliphatic carbocycles. The number of aldehydes is 1. The number of ether oxygens (including phenoxy) is 3. The van der Waals surface area contributed by atoms with Crippen LogP contribution in [0.1, 0.15) is 55.3 Å². The van der Waals surface area contributed by atoms with Crippen molar-refractivity contribution in [2.45, 2.75) is 63.2 Å². The molecule has 3 rings (SSSR count). The molecule has 0 radical (unpaired) electrons. The van der Waals surface area contributed by atoms with Crippen LogP contribution in [0.2, 0.25) is 0 Å². The summed E-state index contributed by atoms with van der Waals surface area (Å²) in [6.07, 6.45) is 5.86. The highest BCUT2D eigenvalue weighted by molar-refractivity contribution is 14.1. The summed E-state index contributed by atoms with van der Waals surface area (Å²) in [4.78, 5) is 39.5. The third-order valence-electron chi connectivity index (χ3n) is 7.28. The number of methoxy groups -OCH3 is 2. The van der Waals surface area contributed by atoms with Crippen molar-refractivity contribution in [3.8, 4) is 11.5 Å². The van der Waals surface area contributed by atoms with Gasteiger partial charge in [0.2, 0.25) is 11.8 Å². The molecule has 10 nitrogen and oxygen atoms in total. The summed E-state index contributed by atoms with van der Waals surface area (Å²) in [7, 11) is 2.99. The lowest BCUT2D eigenvalue weighted by Gasteiger charge is -2.42. The van der Waals surface area contributed by atoms with Crippen molar-refractivity contribution in [1.29, 1.82) is 0 Å². The average molecular weight is 659 g/mol. The van der Waals surface area contributed by atoms with Crippen molar-refractivity contribution in [2.24, 2.45) is 5.92 Å². The van der Waals surface area contributed by atoms with Crippen LogP contribution in [0.5, 0.6) is 11.5 Å². The molecular formula is C28H39IN2O8. The Morgan fingerprint density at radius 1 is 1.21 bits per heavy atom. The van der Waals surface area contributed by atoms with Crippen molar-refractivity contribution in [2.75, 3.05) is 40.5 Å². The number of amides is 2. The number of aliphatic hydroxyl groups is 2. The maximum absolute atomic E-state index is 13.4. The maximum atomic E-state index is 13.4. The van der Waals surface area contributed by atoms with E-state index in [0.717, 1.165) is 25.7 Å². The SMILES string of the molecule is COCCC(=O)N(CC1CCCCC1)[C@@H]1CC(C(=O)NCCO)=C[C@H](Oc2c(I)cc(C=O)cc2OC)[C@H]1O. The number of halogens is 1. The van der Waals surface area contributed by atoms with E-state index in [4.69, 9.17) is 14.2 Å². The van der Waals surface area contributed by atoms with E-state index in [-0.39, 0.29) is 38.5 Å². The van der Waals surface area contributed by atoms with Gasteiger partial charge in [-0.3, -0.25) is 14.4 Å². The molecule has 0 spiro atoms. The van der Waals surface area contributed by atoms with Gasteiger partial charge in [-0.05, 0) is 59.6 Å². The van der Waals surface area contributed by atoms with Gasteiger partial charge < -0.3 is 34.6 Å². The van der Waals surface area contributed by atoms with Gasteiger partial charge in [0.25, 0.3) is 0 Å². The zero-order valence-electron chi connectivity index (χ0n) is 22.6. The highest BCUT2D eigenvalue weighted by Crippen LogP contribution is 2.37. The van der Waals surface area contributed by atoms with Crippen LogP contribution in [0.3, 0.4) is 0 Å².